The molecule has 0 aliphatic carbocycles. The van der Waals surface area contributed by atoms with Gasteiger partial charge in [0.15, 0.2) is 0 Å². The molecule has 0 radical (unpaired) electrons. The fourth-order valence-electron chi connectivity index (χ4n) is 1.89. The molecule has 0 fully saturated rings. The second-order valence-electron chi connectivity index (χ2n) is 4.96. The van der Waals surface area contributed by atoms with Gasteiger partial charge in [-0.2, -0.15) is 0 Å². The lowest BCUT2D eigenvalue weighted by Gasteiger charge is -2.14. The molecule has 0 atom stereocenters. The van der Waals surface area contributed by atoms with E-state index in [1.54, 1.807) is 18.4 Å². The maximum atomic E-state index is 11.8. The maximum Gasteiger partial charge on any atom is 0.330 e. The lowest BCUT2D eigenvalue weighted by molar-refractivity contribution is 0.506. The number of anilines is 2. The molecule has 7 heteroatoms. The Bertz CT molecular complexity index is 683. The van der Waals surface area contributed by atoms with Gasteiger partial charge in [0.1, 0.15) is 17.3 Å². The highest BCUT2D eigenvalue weighted by Crippen LogP contribution is 2.13. The van der Waals surface area contributed by atoms with Crippen molar-refractivity contribution in [3.05, 3.63) is 45.0 Å². The molecule has 2 aromatic rings. The van der Waals surface area contributed by atoms with E-state index in [2.05, 4.69) is 10.3 Å². The van der Waals surface area contributed by atoms with Gasteiger partial charge in [0.25, 0.3) is 5.56 Å². The molecule has 0 aliphatic rings. The largest absolute Gasteiger partial charge is 0.467 e. The van der Waals surface area contributed by atoms with Crippen molar-refractivity contribution in [1.82, 2.24) is 9.55 Å². The lowest BCUT2D eigenvalue weighted by atomic mass is 10.2. The zero-order valence-corrected chi connectivity index (χ0v) is 11.5. The Hall–Kier alpha value is -2.44. The minimum absolute atomic E-state index is 0.138. The van der Waals surface area contributed by atoms with E-state index in [0.717, 1.165) is 0 Å². The predicted octanol–water partition coefficient (Wildman–Crippen LogP) is 0.980. The fraction of sp³-hybridized carbons (Fsp3) is 0.385. The summed E-state index contributed by atoms with van der Waals surface area (Å²) in [6.07, 6.45) is 1.55. The molecule has 2 heterocycles. The first-order valence-corrected chi connectivity index (χ1v) is 6.38. The molecule has 0 saturated carbocycles. The van der Waals surface area contributed by atoms with E-state index in [9.17, 15) is 9.59 Å². The van der Waals surface area contributed by atoms with Gasteiger partial charge in [0.05, 0.1) is 12.8 Å². The Kier molecular flexibility index (Phi) is 3.97. The van der Waals surface area contributed by atoms with Gasteiger partial charge >= 0.3 is 5.69 Å². The molecule has 2 aromatic heterocycles. The first-order chi connectivity index (χ1) is 9.49. The summed E-state index contributed by atoms with van der Waals surface area (Å²) in [6.45, 7) is 4.69. The van der Waals surface area contributed by atoms with E-state index in [1.807, 2.05) is 13.8 Å². The van der Waals surface area contributed by atoms with Crippen LogP contribution in [0.4, 0.5) is 11.5 Å². The van der Waals surface area contributed by atoms with Gasteiger partial charge in [0.2, 0.25) is 0 Å². The normalized spacial score (nSPS) is 10.9. The van der Waals surface area contributed by atoms with Crippen molar-refractivity contribution in [2.45, 2.75) is 26.9 Å². The fourth-order valence-corrected chi connectivity index (χ4v) is 1.89. The monoisotopic (exact) mass is 278 g/mol. The van der Waals surface area contributed by atoms with Gasteiger partial charge < -0.3 is 15.5 Å². The summed E-state index contributed by atoms with van der Waals surface area (Å²) < 4.78 is 6.53. The van der Waals surface area contributed by atoms with Gasteiger partial charge in [-0.15, -0.1) is 0 Å². The number of nitrogens with one attached hydrogen (secondary N) is 2. The van der Waals surface area contributed by atoms with Crippen LogP contribution in [-0.2, 0) is 13.1 Å². The Balaban J connectivity index is 2.32. The second kappa shape index (κ2) is 5.68. The summed E-state index contributed by atoms with van der Waals surface area (Å²) >= 11 is 0. The summed E-state index contributed by atoms with van der Waals surface area (Å²) in [5.41, 5.74) is 5.08. The zero-order valence-electron chi connectivity index (χ0n) is 11.5. The molecule has 0 aliphatic heterocycles. The third kappa shape index (κ3) is 2.93. The Morgan fingerprint density at radius 2 is 2.20 bits per heavy atom. The SMILES string of the molecule is CC(C)Cn1c(N)c(NCc2ccco2)c(=O)[nH]c1=O. The molecule has 0 spiro atoms. The van der Waals surface area contributed by atoms with Gasteiger partial charge in [-0.05, 0) is 18.1 Å². The molecule has 108 valence electrons. The highest BCUT2D eigenvalue weighted by Gasteiger charge is 2.13. The smallest absolute Gasteiger partial charge is 0.330 e. The van der Waals surface area contributed by atoms with Gasteiger partial charge in [-0.1, -0.05) is 13.8 Å². The number of nitrogens with two attached hydrogens (primary N) is 1. The number of hydrogen-bond donors (Lipinski definition) is 3. The van der Waals surface area contributed by atoms with Crippen LogP contribution in [0.25, 0.3) is 0 Å². The summed E-state index contributed by atoms with van der Waals surface area (Å²) in [6, 6.07) is 3.53. The molecule has 0 unspecified atom stereocenters. The van der Waals surface area contributed by atoms with E-state index < -0.39 is 11.2 Å². The van der Waals surface area contributed by atoms with Crippen LogP contribution < -0.4 is 22.3 Å². The first-order valence-electron chi connectivity index (χ1n) is 6.38. The van der Waals surface area contributed by atoms with Crippen molar-refractivity contribution in [3.8, 4) is 0 Å². The number of aromatic nitrogens is 2. The summed E-state index contributed by atoms with van der Waals surface area (Å²) in [5, 5.41) is 2.90. The summed E-state index contributed by atoms with van der Waals surface area (Å²) in [4.78, 5) is 25.8. The Morgan fingerprint density at radius 1 is 1.45 bits per heavy atom. The topological polar surface area (TPSA) is 106 Å². The van der Waals surface area contributed by atoms with Crippen LogP contribution in [0.3, 0.4) is 0 Å². The molecule has 20 heavy (non-hydrogen) atoms. The molecule has 7 nitrogen and oxygen atoms in total. The van der Waals surface area contributed by atoms with Gasteiger partial charge in [-0.25, -0.2) is 4.79 Å². The van der Waals surface area contributed by atoms with Gasteiger partial charge in [-0.3, -0.25) is 14.3 Å². The zero-order chi connectivity index (χ0) is 14.7. The average molecular weight is 278 g/mol. The number of hydrogen-bond acceptors (Lipinski definition) is 5. The average Bonchev–Trinajstić information content (AvgIpc) is 2.87. The van der Waals surface area contributed by atoms with Crippen molar-refractivity contribution < 1.29 is 4.42 Å². The van der Waals surface area contributed by atoms with Crippen molar-refractivity contribution in [2.75, 3.05) is 11.1 Å². The number of nitrogen functional groups attached to an aromatic ring is 1. The number of aromatic amines is 1. The Morgan fingerprint density at radius 3 is 2.80 bits per heavy atom. The lowest BCUT2D eigenvalue weighted by Crippen LogP contribution is -2.35. The predicted molar refractivity (Wildman–Crippen MR) is 76.6 cm³/mol. The number of furan rings is 1. The van der Waals surface area contributed by atoms with E-state index in [0.29, 0.717) is 18.8 Å². The molecule has 4 N–H and O–H groups in total. The van der Waals surface area contributed by atoms with Crippen LogP contribution in [0, 0.1) is 5.92 Å². The number of rotatable bonds is 5. The highest BCUT2D eigenvalue weighted by atomic mass is 16.3. The number of nitrogens with zero attached hydrogens (tertiary/aromatic N) is 1. The van der Waals surface area contributed by atoms with E-state index in [4.69, 9.17) is 10.2 Å². The van der Waals surface area contributed by atoms with E-state index in [1.165, 1.54) is 4.57 Å². The molecule has 0 saturated heterocycles. The van der Waals surface area contributed by atoms with E-state index >= 15 is 0 Å². The standard InChI is InChI=1S/C13H18N4O3/c1-8(2)7-17-11(14)10(12(18)16-13(17)19)15-6-9-4-3-5-20-9/h3-5,8,15H,6-7,14H2,1-2H3,(H,16,18,19). The van der Waals surface area contributed by atoms with Crippen LogP contribution in [0.15, 0.2) is 32.4 Å². The maximum absolute atomic E-state index is 11.8. The van der Waals surface area contributed by atoms with Crippen molar-refractivity contribution in [2.24, 2.45) is 5.92 Å². The van der Waals surface area contributed by atoms with Crippen molar-refractivity contribution in [3.63, 3.8) is 0 Å². The quantitative estimate of drug-likeness (QED) is 0.756. The molecule has 0 bridgehead atoms. The Labute approximate surface area is 115 Å². The van der Waals surface area contributed by atoms with Crippen LogP contribution >= 0.6 is 0 Å². The second-order valence-corrected chi connectivity index (χ2v) is 4.96. The first kappa shape index (κ1) is 14.0. The minimum Gasteiger partial charge on any atom is -0.467 e. The van der Waals surface area contributed by atoms with Crippen LogP contribution in [-0.4, -0.2) is 9.55 Å². The third-order valence-electron chi connectivity index (χ3n) is 2.81. The van der Waals surface area contributed by atoms with Crippen molar-refractivity contribution in [1.29, 1.82) is 0 Å². The highest BCUT2D eigenvalue weighted by molar-refractivity contribution is 5.60. The third-order valence-corrected chi connectivity index (χ3v) is 2.81. The molecule has 0 amide bonds. The molecular weight excluding hydrogens is 260 g/mol. The minimum atomic E-state index is -0.529. The van der Waals surface area contributed by atoms with Gasteiger partial charge in [0, 0.05) is 6.54 Å². The van der Waals surface area contributed by atoms with Crippen LogP contribution in [0.5, 0.6) is 0 Å². The molecule has 2 rings (SSSR count). The number of H-pyrrole nitrogens is 1. The summed E-state index contributed by atoms with van der Waals surface area (Å²) in [7, 11) is 0. The molecule has 0 aromatic carbocycles. The van der Waals surface area contributed by atoms with Crippen molar-refractivity contribution >= 4 is 11.5 Å². The van der Waals surface area contributed by atoms with E-state index in [-0.39, 0.29) is 17.4 Å². The molecular formula is C13H18N4O3. The van der Waals surface area contributed by atoms with Crippen LogP contribution in [0.2, 0.25) is 0 Å². The van der Waals surface area contributed by atoms with Crippen LogP contribution in [0.1, 0.15) is 19.6 Å². The summed E-state index contributed by atoms with van der Waals surface area (Å²) in [5.74, 6) is 1.04.